The maximum Gasteiger partial charge on any atom is 0.132 e. The number of hydrogen-bond donors (Lipinski definition) is 1. The quantitative estimate of drug-likeness (QED) is 0.672. The van der Waals surface area contributed by atoms with E-state index in [9.17, 15) is 4.79 Å². The minimum absolute atomic E-state index is 0.477. The van der Waals surface area contributed by atoms with Crippen molar-refractivity contribution in [1.82, 2.24) is 0 Å². The first-order chi connectivity index (χ1) is 5.12. The van der Waals surface area contributed by atoms with Gasteiger partial charge in [-0.2, -0.15) is 0 Å². The lowest BCUT2D eigenvalue weighted by molar-refractivity contribution is -0.765. The molecule has 0 saturated carbocycles. The van der Waals surface area contributed by atoms with E-state index in [0.717, 1.165) is 6.17 Å². The third kappa shape index (κ3) is 6.42. The van der Waals surface area contributed by atoms with Gasteiger partial charge in [0.25, 0.3) is 0 Å². The molecule has 0 bridgehead atoms. The average Bonchev–Trinajstić information content (AvgIpc) is 1.48. The Kier molecular flexibility index (Phi) is 3.53. The molecule has 0 rings (SSSR count). The highest BCUT2D eigenvalue weighted by Crippen LogP contribution is 2.07. The molecule has 3 nitrogen and oxygen atoms in total. The number of rotatable bonds is 4. The average molecular weight is 187 g/mol. The molecule has 0 heterocycles. The van der Waals surface area contributed by atoms with Crippen molar-refractivity contribution in [3.05, 3.63) is 0 Å². The second kappa shape index (κ2) is 3.62. The molecule has 0 aliphatic rings. The van der Waals surface area contributed by atoms with E-state index in [0.29, 0.717) is 4.39 Å². The molecule has 0 spiro atoms. The van der Waals surface area contributed by atoms with Gasteiger partial charge in [0.15, 0.2) is 0 Å². The minimum atomic E-state index is -1.18. The molecule has 5 heteroatoms. The van der Waals surface area contributed by atoms with E-state index < -0.39 is 13.9 Å². The highest BCUT2D eigenvalue weighted by molar-refractivity contribution is 6.76. The molecule has 0 saturated heterocycles. The van der Waals surface area contributed by atoms with Crippen molar-refractivity contribution in [2.75, 3.05) is 20.3 Å². The Bertz CT molecular complexity index is 177. The summed E-state index contributed by atoms with van der Waals surface area (Å²) in [4.78, 5) is 10.4. The largest absolute Gasteiger partial charge is 0.559 e. The van der Waals surface area contributed by atoms with Crippen LogP contribution < -0.4 is 0 Å². The third-order valence-corrected chi connectivity index (χ3v) is 3.11. The predicted octanol–water partition coefficient (Wildman–Crippen LogP) is 1.24. The molecule has 0 amide bonds. The maximum absolute atomic E-state index is 10.4. The number of quaternary nitrogens is 1. The van der Waals surface area contributed by atoms with Crippen molar-refractivity contribution in [2.45, 2.75) is 19.6 Å². The zero-order chi connectivity index (χ0) is 9.99. The molecule has 0 aromatic heterocycles. The van der Waals surface area contributed by atoms with Crippen LogP contribution in [-0.2, 0) is 0 Å². The van der Waals surface area contributed by atoms with Crippen LogP contribution in [0.2, 0.25) is 19.6 Å². The van der Waals surface area contributed by atoms with Crippen LogP contribution in [-0.4, -0.2) is 51.1 Å². The van der Waals surface area contributed by atoms with Gasteiger partial charge in [-0.1, -0.05) is 19.6 Å². The summed E-state index contributed by atoms with van der Waals surface area (Å²) in [5, 5.41) is 8.59. The number of nitrogens with zero attached hydrogens (tertiary/aromatic N) is 1. The summed E-state index contributed by atoms with van der Waals surface area (Å²) in [6.45, 7) is 6.72. The van der Waals surface area contributed by atoms with Crippen LogP contribution in [0.25, 0.3) is 0 Å². The van der Waals surface area contributed by atoms with Crippen LogP contribution in [0, 0.1) is 0 Å². The molecule has 0 fully saturated rings. The Morgan fingerprint density at radius 3 is 2.08 bits per heavy atom. The van der Waals surface area contributed by atoms with Crippen molar-refractivity contribution in [2.24, 2.45) is 0 Å². The van der Waals surface area contributed by atoms with Crippen LogP contribution in [0.15, 0.2) is 0 Å². The standard InChI is InChI=1S/C7H17BNO2Si/c1-9(2,8-7(10)11)6-12(3,4)5/h6H2,1-5H3/q-1/p+1. The van der Waals surface area contributed by atoms with E-state index in [1.807, 2.05) is 14.1 Å². The van der Waals surface area contributed by atoms with Crippen LogP contribution in [0.4, 0.5) is 4.79 Å². The lowest BCUT2D eigenvalue weighted by Crippen LogP contribution is -2.54. The van der Waals surface area contributed by atoms with Crippen LogP contribution in [0.5, 0.6) is 0 Å². The Morgan fingerprint density at radius 2 is 1.83 bits per heavy atom. The molecule has 70 valence electrons. The van der Waals surface area contributed by atoms with Gasteiger partial charge < -0.3 is 14.3 Å². The summed E-state index contributed by atoms with van der Waals surface area (Å²) in [5.74, 6) is -0.835. The van der Waals surface area contributed by atoms with Gasteiger partial charge in [-0.15, -0.1) is 0 Å². The van der Waals surface area contributed by atoms with E-state index in [4.69, 9.17) is 5.11 Å². The van der Waals surface area contributed by atoms with Gasteiger partial charge in [-0.25, -0.2) is 0 Å². The summed E-state index contributed by atoms with van der Waals surface area (Å²) in [7, 11) is 4.01. The summed E-state index contributed by atoms with van der Waals surface area (Å²) >= 11 is 0. The van der Waals surface area contributed by atoms with Crippen LogP contribution in [0.1, 0.15) is 0 Å². The zero-order valence-electron chi connectivity index (χ0n) is 8.59. The summed E-state index contributed by atoms with van der Waals surface area (Å²) in [6, 6.07) is 0. The smallest absolute Gasteiger partial charge is 0.132 e. The van der Waals surface area contributed by atoms with E-state index >= 15 is 0 Å². The molecule has 0 aromatic carbocycles. The van der Waals surface area contributed by atoms with Gasteiger partial charge in [-0.05, 0) is 0 Å². The van der Waals surface area contributed by atoms with Gasteiger partial charge in [0.1, 0.15) is 21.4 Å². The van der Waals surface area contributed by atoms with Crippen molar-refractivity contribution in [3.8, 4) is 0 Å². The van der Waals surface area contributed by atoms with E-state index in [1.165, 1.54) is 7.41 Å². The van der Waals surface area contributed by atoms with Crippen molar-refractivity contribution in [1.29, 1.82) is 0 Å². The molecule has 0 atom stereocenters. The first-order valence-corrected chi connectivity index (χ1v) is 7.75. The topological polar surface area (TPSA) is 37.3 Å². The van der Waals surface area contributed by atoms with Crippen LogP contribution >= 0.6 is 0 Å². The Labute approximate surface area is 76.2 Å². The first kappa shape index (κ1) is 11.7. The van der Waals surface area contributed by atoms with Gasteiger partial charge in [-0.3, -0.25) is 0 Å². The van der Waals surface area contributed by atoms with E-state index in [1.54, 1.807) is 0 Å². The van der Waals surface area contributed by atoms with E-state index in [2.05, 4.69) is 19.6 Å². The second-order valence-corrected chi connectivity index (χ2v) is 10.4. The maximum atomic E-state index is 10.4. The molecule has 0 aromatic rings. The minimum Gasteiger partial charge on any atom is -0.559 e. The molecular formula is C7H18BNO2Si. The fraction of sp³-hybridized carbons (Fsp3) is 0.857. The van der Waals surface area contributed by atoms with Gasteiger partial charge in [0, 0.05) is 20.3 Å². The molecule has 2 radical (unpaired) electrons. The van der Waals surface area contributed by atoms with Crippen molar-refractivity contribution in [3.63, 3.8) is 0 Å². The van der Waals surface area contributed by atoms with Crippen LogP contribution in [0.3, 0.4) is 0 Å². The molecular weight excluding hydrogens is 169 g/mol. The predicted molar refractivity (Wildman–Crippen MR) is 54.1 cm³/mol. The van der Waals surface area contributed by atoms with Crippen molar-refractivity contribution < 1.29 is 14.3 Å². The number of hydrogen-bond acceptors (Lipinski definition) is 1. The summed E-state index contributed by atoms with van der Waals surface area (Å²) < 4.78 is 0.477. The molecule has 12 heavy (non-hydrogen) atoms. The molecule has 1 N–H and O–H groups in total. The second-order valence-electron chi connectivity index (χ2n) is 4.96. The summed E-state index contributed by atoms with van der Waals surface area (Å²) in [6.07, 6.45) is 0.958. The van der Waals surface area contributed by atoms with Gasteiger partial charge in [0.2, 0.25) is 0 Å². The number of carbonyl (C=O) groups is 1. The third-order valence-electron chi connectivity index (χ3n) is 1.34. The Morgan fingerprint density at radius 1 is 1.42 bits per heavy atom. The lowest BCUT2D eigenvalue weighted by Gasteiger charge is -2.45. The van der Waals surface area contributed by atoms with Crippen molar-refractivity contribution >= 4 is 21.4 Å². The SMILES string of the molecule is C[N+](C)([B-]C(=O)O)C[Si](C)(C)C. The fourth-order valence-electron chi connectivity index (χ4n) is 1.57. The Balaban J connectivity index is 4.13. The highest BCUT2D eigenvalue weighted by atomic mass is 28.3. The lowest BCUT2D eigenvalue weighted by atomic mass is 9.90. The summed E-state index contributed by atoms with van der Waals surface area (Å²) in [5.41, 5.74) is 0. The van der Waals surface area contributed by atoms with Gasteiger partial charge in [0.05, 0.1) is 0 Å². The first-order valence-electron chi connectivity index (χ1n) is 4.04. The normalized spacial score (nSPS) is 13.1. The highest BCUT2D eigenvalue weighted by Gasteiger charge is 2.21. The molecule has 0 unspecified atom stereocenters. The van der Waals surface area contributed by atoms with E-state index in [-0.39, 0.29) is 0 Å². The fourth-order valence-corrected chi connectivity index (χ4v) is 4.10. The zero-order valence-corrected chi connectivity index (χ0v) is 9.59. The monoisotopic (exact) mass is 187 g/mol. The molecule has 0 aliphatic carbocycles. The number of carboxylic acid groups (broad SMARTS) is 1. The van der Waals surface area contributed by atoms with Gasteiger partial charge >= 0.3 is 0 Å². The Hall–Kier alpha value is -0.288. The molecule has 0 aliphatic heterocycles.